The Morgan fingerprint density at radius 1 is 1.78 bits per heavy atom. The van der Waals surface area contributed by atoms with Crippen LogP contribution in [0.5, 0.6) is 0 Å². The van der Waals surface area contributed by atoms with Gasteiger partial charge in [0.25, 0.3) is 0 Å². The van der Waals surface area contributed by atoms with Crippen molar-refractivity contribution in [3.05, 3.63) is 36.4 Å². The van der Waals surface area contributed by atoms with Crippen molar-refractivity contribution in [2.75, 3.05) is 0 Å². The van der Waals surface area contributed by atoms with E-state index >= 15 is 0 Å². The van der Waals surface area contributed by atoms with Gasteiger partial charge < -0.3 is 10.1 Å². The molecule has 1 aromatic rings. The molecule has 2 nitrogen and oxygen atoms in total. The zero-order valence-corrected chi connectivity index (χ0v) is 5.09. The van der Waals surface area contributed by atoms with Gasteiger partial charge in [0.1, 0.15) is 0 Å². The first kappa shape index (κ1) is 5.95. The van der Waals surface area contributed by atoms with Crippen molar-refractivity contribution in [1.82, 2.24) is 4.98 Å². The van der Waals surface area contributed by atoms with Gasteiger partial charge in [0.15, 0.2) is 0 Å². The first-order chi connectivity index (χ1) is 4.29. The second-order valence-electron chi connectivity index (χ2n) is 1.94. The maximum absolute atomic E-state index is 8.71. The van der Waals surface area contributed by atoms with Crippen LogP contribution in [0.4, 0.5) is 0 Å². The monoisotopic (exact) mass is 123 g/mol. The lowest BCUT2D eigenvalue weighted by atomic mass is 10.3. The molecule has 0 atom stereocenters. The van der Waals surface area contributed by atoms with E-state index in [0.29, 0.717) is 6.42 Å². The Morgan fingerprint density at radius 2 is 2.56 bits per heavy atom. The summed E-state index contributed by atoms with van der Waals surface area (Å²) < 4.78 is 0. The Balaban J connectivity index is 2.58. The van der Waals surface area contributed by atoms with Gasteiger partial charge in [-0.25, -0.2) is 0 Å². The van der Waals surface area contributed by atoms with E-state index in [0.717, 1.165) is 5.69 Å². The van der Waals surface area contributed by atoms with Gasteiger partial charge in [-0.3, -0.25) is 0 Å². The van der Waals surface area contributed by atoms with Gasteiger partial charge in [-0.2, -0.15) is 0 Å². The molecule has 0 bridgehead atoms. The number of hydrogen-bond acceptors (Lipinski definition) is 1. The third-order valence-electron chi connectivity index (χ3n) is 1.06. The number of hydrogen-bond donors (Lipinski definition) is 2. The first-order valence-electron chi connectivity index (χ1n) is 2.78. The number of aromatic amines is 1. The highest BCUT2D eigenvalue weighted by atomic mass is 16.3. The Kier molecular flexibility index (Phi) is 1.58. The number of aliphatic hydroxyl groups is 1. The summed E-state index contributed by atoms with van der Waals surface area (Å²) in [5.41, 5.74) is 0.988. The maximum Gasteiger partial charge on any atom is 0.0909 e. The molecule has 0 aliphatic rings. The van der Waals surface area contributed by atoms with Crippen molar-refractivity contribution >= 4 is 0 Å². The molecule has 0 radical (unpaired) electrons. The molecule has 0 aliphatic heterocycles. The quantitative estimate of drug-likeness (QED) is 0.576. The van der Waals surface area contributed by atoms with Crippen LogP contribution in [-0.2, 0) is 6.42 Å². The van der Waals surface area contributed by atoms with Crippen LogP contribution in [0, 0.1) is 0 Å². The summed E-state index contributed by atoms with van der Waals surface area (Å²) in [6.07, 6.45) is 2.34. The normalized spacial score (nSPS) is 9.33. The minimum Gasteiger partial charge on any atom is -0.513 e. The Labute approximate surface area is 53.8 Å². The lowest BCUT2D eigenvalue weighted by Crippen LogP contribution is -1.85. The molecular formula is C7H9NO. The van der Waals surface area contributed by atoms with Crippen LogP contribution in [0.1, 0.15) is 5.69 Å². The molecule has 0 saturated carbocycles. The van der Waals surface area contributed by atoms with E-state index in [9.17, 15) is 0 Å². The fraction of sp³-hybridized carbons (Fsp3) is 0.143. The number of aromatic nitrogens is 1. The number of rotatable bonds is 2. The van der Waals surface area contributed by atoms with Gasteiger partial charge in [-0.15, -0.1) is 0 Å². The minimum absolute atomic E-state index is 0.192. The van der Waals surface area contributed by atoms with Crippen LogP contribution < -0.4 is 0 Å². The molecule has 0 fully saturated rings. The van der Waals surface area contributed by atoms with Crippen LogP contribution in [0.15, 0.2) is 30.7 Å². The van der Waals surface area contributed by atoms with Gasteiger partial charge >= 0.3 is 0 Å². The topological polar surface area (TPSA) is 36.0 Å². The van der Waals surface area contributed by atoms with Crippen molar-refractivity contribution in [3.63, 3.8) is 0 Å². The molecule has 9 heavy (non-hydrogen) atoms. The van der Waals surface area contributed by atoms with Gasteiger partial charge in [-0.1, -0.05) is 6.58 Å². The maximum atomic E-state index is 8.71. The van der Waals surface area contributed by atoms with Gasteiger partial charge in [0.05, 0.1) is 5.76 Å². The highest BCUT2D eigenvalue weighted by molar-refractivity contribution is 5.08. The predicted molar refractivity (Wildman–Crippen MR) is 36.3 cm³/mol. The Hall–Kier alpha value is -1.18. The third kappa shape index (κ3) is 1.64. The Bertz CT molecular complexity index is 189. The van der Waals surface area contributed by atoms with Gasteiger partial charge in [0, 0.05) is 18.3 Å². The van der Waals surface area contributed by atoms with Gasteiger partial charge in [-0.05, 0) is 12.1 Å². The van der Waals surface area contributed by atoms with Crippen molar-refractivity contribution < 1.29 is 5.11 Å². The molecular weight excluding hydrogens is 114 g/mol. The molecule has 1 rings (SSSR count). The SMILES string of the molecule is C=C(O)Cc1ccc[nH]1. The van der Waals surface area contributed by atoms with E-state index in [1.165, 1.54) is 0 Å². The van der Waals surface area contributed by atoms with Crippen molar-refractivity contribution in [3.8, 4) is 0 Å². The smallest absolute Gasteiger partial charge is 0.0909 e. The summed E-state index contributed by atoms with van der Waals surface area (Å²) in [5.74, 6) is 0.192. The average Bonchev–Trinajstić information content (AvgIpc) is 2.15. The molecule has 0 saturated heterocycles. The summed E-state index contributed by atoms with van der Waals surface area (Å²) in [6, 6.07) is 3.79. The Morgan fingerprint density at radius 3 is 3.00 bits per heavy atom. The highest BCUT2D eigenvalue weighted by Crippen LogP contribution is 1.99. The molecule has 2 N–H and O–H groups in total. The number of aliphatic hydroxyl groups excluding tert-OH is 1. The molecule has 1 aromatic heterocycles. The summed E-state index contributed by atoms with van der Waals surface area (Å²) in [4.78, 5) is 2.95. The number of allylic oxidation sites excluding steroid dienone is 1. The van der Waals surface area contributed by atoms with Crippen LogP contribution in [0.25, 0.3) is 0 Å². The summed E-state index contributed by atoms with van der Waals surface area (Å²) in [6.45, 7) is 3.37. The zero-order chi connectivity index (χ0) is 6.69. The van der Waals surface area contributed by atoms with E-state index in [4.69, 9.17) is 5.11 Å². The standard InChI is InChI=1S/C7H9NO/c1-6(9)5-7-3-2-4-8-7/h2-4,8-9H,1,5H2. The first-order valence-corrected chi connectivity index (χ1v) is 2.78. The largest absolute Gasteiger partial charge is 0.513 e. The zero-order valence-electron chi connectivity index (χ0n) is 5.09. The second-order valence-corrected chi connectivity index (χ2v) is 1.94. The van der Waals surface area contributed by atoms with Gasteiger partial charge in [0.2, 0.25) is 0 Å². The fourth-order valence-corrected chi connectivity index (χ4v) is 0.697. The average molecular weight is 123 g/mol. The van der Waals surface area contributed by atoms with Crippen LogP contribution in [0.2, 0.25) is 0 Å². The van der Waals surface area contributed by atoms with Crippen molar-refractivity contribution in [2.24, 2.45) is 0 Å². The highest BCUT2D eigenvalue weighted by Gasteiger charge is 1.91. The van der Waals surface area contributed by atoms with Crippen LogP contribution in [-0.4, -0.2) is 10.1 Å². The minimum atomic E-state index is 0.192. The lowest BCUT2D eigenvalue weighted by molar-refractivity contribution is 0.400. The third-order valence-corrected chi connectivity index (χ3v) is 1.06. The summed E-state index contributed by atoms with van der Waals surface area (Å²) in [7, 11) is 0. The van der Waals surface area contributed by atoms with E-state index < -0.39 is 0 Å². The molecule has 0 aromatic carbocycles. The van der Waals surface area contributed by atoms with Crippen molar-refractivity contribution in [1.29, 1.82) is 0 Å². The van der Waals surface area contributed by atoms with E-state index in [1.807, 2.05) is 18.3 Å². The van der Waals surface area contributed by atoms with Crippen LogP contribution >= 0.6 is 0 Å². The molecule has 0 spiro atoms. The summed E-state index contributed by atoms with van der Waals surface area (Å²) in [5, 5.41) is 8.71. The fourth-order valence-electron chi connectivity index (χ4n) is 0.697. The molecule has 48 valence electrons. The van der Waals surface area contributed by atoms with E-state index in [-0.39, 0.29) is 5.76 Å². The molecule has 0 unspecified atom stereocenters. The predicted octanol–water partition coefficient (Wildman–Crippen LogP) is 1.63. The number of nitrogens with one attached hydrogen (secondary N) is 1. The van der Waals surface area contributed by atoms with E-state index in [2.05, 4.69) is 11.6 Å². The molecule has 0 amide bonds. The molecule has 2 heteroatoms. The number of H-pyrrole nitrogens is 1. The second kappa shape index (κ2) is 2.40. The van der Waals surface area contributed by atoms with Crippen LogP contribution in [0.3, 0.4) is 0 Å². The lowest BCUT2D eigenvalue weighted by Gasteiger charge is -1.91. The molecule has 1 heterocycles. The molecule has 0 aliphatic carbocycles. The summed E-state index contributed by atoms with van der Waals surface area (Å²) >= 11 is 0. The van der Waals surface area contributed by atoms with Crippen molar-refractivity contribution in [2.45, 2.75) is 6.42 Å². The van der Waals surface area contributed by atoms with E-state index in [1.54, 1.807) is 0 Å².